The molecule has 0 saturated heterocycles. The van der Waals surface area contributed by atoms with E-state index < -0.39 is 183 Å². The largest absolute Gasteiger partial charge is 0.462 e. The van der Waals surface area contributed by atoms with E-state index in [1.807, 2.05) is 41.5 Å². The van der Waals surface area contributed by atoms with Gasteiger partial charge in [-0.05, 0) is 115 Å². The van der Waals surface area contributed by atoms with Crippen molar-refractivity contribution in [2.24, 2.45) is 41.4 Å². The van der Waals surface area contributed by atoms with Crippen LogP contribution in [-0.4, -0.2) is 266 Å². The smallest absolute Gasteiger partial charge is 0.410 e. The standard InChI is InChI=1S/C71H127N11O18S/c1-30-32-33-45(13)59(99-50(18)84)58(63(88)74-51(31-2)69(94)98-35-34-76(22)49(17)83)81(27)68(93)56(44(11)12)80(26)66(91)54(38-42(7)8)79(25)65(90)53(37-41(5)6)78(24)64(89)48(16)73-60(85)47(15)72-61(86)52(36-40(3)4)77(23)67(92)55(43(9)10)75-62(87)57(46(14)39-101(29,96)97)82(28)70(95)100-71(19,20)21/h30,32,40-48,51-59H,31,33-39H2,1-29H3,(H,72,86)(H,73,85)(H,74,88)(H,75,87)/b32-30+/t45-,46-,47+,48-,51+,52+,53+,54+,55+,56+,57+,58+,59-/m1/s1. The van der Waals surface area contributed by atoms with E-state index >= 15 is 14.4 Å². The Morgan fingerprint density at radius 1 is 0.505 bits per heavy atom. The van der Waals surface area contributed by atoms with E-state index in [0.29, 0.717) is 6.42 Å². The second-order valence-electron chi connectivity index (χ2n) is 30.0. The number of allylic oxidation sites excluding steroid dienone is 2. The van der Waals surface area contributed by atoms with Crippen molar-refractivity contribution in [3.05, 3.63) is 12.2 Å². The predicted octanol–water partition coefficient (Wildman–Crippen LogP) is 4.43. The third-order valence-electron chi connectivity index (χ3n) is 17.4. The molecular formula is C71H127N11O18S. The Kier molecular flexibility index (Phi) is 39.2. The first-order chi connectivity index (χ1) is 46.2. The summed E-state index contributed by atoms with van der Waals surface area (Å²) >= 11 is 0. The van der Waals surface area contributed by atoms with E-state index in [2.05, 4.69) is 21.3 Å². The van der Waals surface area contributed by atoms with E-state index in [1.165, 1.54) is 96.6 Å². The molecule has 0 rings (SSSR count). The van der Waals surface area contributed by atoms with Gasteiger partial charge in [0.1, 0.15) is 88.6 Å². The molecule has 0 radical (unpaired) electrons. The first-order valence-corrected chi connectivity index (χ1v) is 37.1. The molecule has 0 aromatic heterocycles. The van der Waals surface area contributed by atoms with Crippen LogP contribution in [0.3, 0.4) is 0 Å². The van der Waals surface area contributed by atoms with Crippen LogP contribution in [0.25, 0.3) is 0 Å². The predicted molar refractivity (Wildman–Crippen MR) is 385 cm³/mol. The van der Waals surface area contributed by atoms with Crippen molar-refractivity contribution in [1.82, 2.24) is 55.6 Å². The average molecular weight is 1450 g/mol. The highest BCUT2D eigenvalue weighted by Crippen LogP contribution is 2.27. The number of hydrogen-bond donors (Lipinski definition) is 4. The van der Waals surface area contributed by atoms with Crippen LogP contribution in [-0.2, 0) is 81.6 Å². The molecule has 0 bridgehead atoms. The minimum Gasteiger partial charge on any atom is -0.462 e. The van der Waals surface area contributed by atoms with Crippen LogP contribution in [0.1, 0.15) is 178 Å². The molecule has 29 nitrogen and oxygen atoms in total. The van der Waals surface area contributed by atoms with Gasteiger partial charge >= 0.3 is 18.0 Å². The summed E-state index contributed by atoms with van der Waals surface area (Å²) in [6.07, 6.45) is 3.02. The van der Waals surface area contributed by atoms with Gasteiger partial charge in [-0.3, -0.25) is 57.6 Å². The number of carbonyl (C=O) groups is 13. The van der Waals surface area contributed by atoms with Crippen molar-refractivity contribution in [2.75, 3.05) is 74.5 Å². The number of nitrogens with one attached hydrogen (secondary N) is 4. The molecule has 0 fully saturated rings. The first-order valence-electron chi connectivity index (χ1n) is 35.1. The van der Waals surface area contributed by atoms with Gasteiger partial charge in [-0.15, -0.1) is 0 Å². The maximum absolute atomic E-state index is 15.3. The van der Waals surface area contributed by atoms with Crippen molar-refractivity contribution in [1.29, 1.82) is 0 Å². The number of likely N-dealkylation sites (N-methyl/N-ethyl adjacent to an activating group) is 7. The molecule has 4 N–H and O–H groups in total. The number of esters is 2. The number of ether oxygens (including phenoxy) is 3. The molecule has 0 aliphatic rings. The Balaban J connectivity index is 7.23. The maximum atomic E-state index is 15.3. The Morgan fingerprint density at radius 2 is 0.960 bits per heavy atom. The Morgan fingerprint density at radius 3 is 1.40 bits per heavy atom. The summed E-state index contributed by atoms with van der Waals surface area (Å²) in [6.45, 7) is 34.4. The summed E-state index contributed by atoms with van der Waals surface area (Å²) in [5, 5.41) is 10.7. The minimum atomic E-state index is -3.67. The number of hydrogen-bond acceptors (Lipinski definition) is 18. The van der Waals surface area contributed by atoms with E-state index in [0.717, 1.165) is 27.9 Å². The van der Waals surface area contributed by atoms with Crippen molar-refractivity contribution < 1.29 is 85.0 Å². The lowest BCUT2D eigenvalue weighted by molar-refractivity contribution is -0.164. The van der Waals surface area contributed by atoms with Crippen LogP contribution in [0.4, 0.5) is 4.79 Å². The van der Waals surface area contributed by atoms with Gasteiger partial charge in [0.2, 0.25) is 59.1 Å². The SMILES string of the molecule is C/C=C/C[C@@H](C)[C@@H](OC(C)=O)[C@@H](C(=O)N[C@@H](CC)C(=O)OCCN(C)C(C)=O)N(C)C(=O)[C@H](C(C)C)N(C)C(=O)[C@H](CC(C)C)N(C)C(=O)[C@H](CC(C)C)N(C)C(=O)[C@@H](C)NC(=O)[C@H](C)NC(=O)[C@H](CC(C)C)N(C)C(=O)[C@@H](NC(=O)[C@H]([C@H](C)CS(C)(=O)=O)N(C)C(=O)OC(C)(C)C)C(C)C. The van der Waals surface area contributed by atoms with E-state index in [4.69, 9.17) is 14.2 Å². The molecule has 13 atom stereocenters. The highest BCUT2D eigenvalue weighted by atomic mass is 32.2. The normalized spacial score (nSPS) is 15.8. The molecule has 0 aromatic rings. The third kappa shape index (κ3) is 30.2. The second kappa shape index (κ2) is 42.3. The van der Waals surface area contributed by atoms with Gasteiger partial charge in [-0.2, -0.15) is 0 Å². The van der Waals surface area contributed by atoms with Crippen LogP contribution in [0.15, 0.2) is 12.2 Å². The van der Waals surface area contributed by atoms with Gasteiger partial charge in [0.05, 0.1) is 12.3 Å². The van der Waals surface area contributed by atoms with Crippen LogP contribution in [0, 0.1) is 41.4 Å². The Bertz CT molecular complexity index is 2970. The number of nitrogens with zero attached hydrogens (tertiary/aromatic N) is 7. The summed E-state index contributed by atoms with van der Waals surface area (Å²) in [7, 11) is 6.11. The van der Waals surface area contributed by atoms with E-state index in [9.17, 15) is 56.4 Å². The molecule has 30 heteroatoms. The van der Waals surface area contributed by atoms with E-state index in [-0.39, 0.29) is 62.5 Å². The van der Waals surface area contributed by atoms with Crippen LogP contribution < -0.4 is 21.3 Å². The molecule has 0 aliphatic carbocycles. The third-order valence-corrected chi connectivity index (χ3v) is 18.5. The molecule has 0 aromatic carbocycles. The van der Waals surface area contributed by atoms with E-state index in [1.54, 1.807) is 81.4 Å². The second-order valence-corrected chi connectivity index (χ2v) is 32.2. The number of sulfone groups is 1. The molecule has 0 unspecified atom stereocenters. The van der Waals surface area contributed by atoms with Crippen LogP contribution in [0.2, 0.25) is 0 Å². The maximum Gasteiger partial charge on any atom is 0.410 e. The molecule has 0 heterocycles. The zero-order valence-corrected chi connectivity index (χ0v) is 66.9. The average Bonchev–Trinajstić information content (AvgIpc) is 0.799. The summed E-state index contributed by atoms with van der Waals surface area (Å²) in [6, 6.07) is -13.1. The molecule has 0 spiro atoms. The number of amides is 11. The lowest BCUT2D eigenvalue weighted by Gasteiger charge is -2.42. The van der Waals surface area contributed by atoms with Crippen molar-refractivity contribution in [2.45, 2.75) is 250 Å². The van der Waals surface area contributed by atoms with Crippen molar-refractivity contribution in [3.8, 4) is 0 Å². The quantitative estimate of drug-likeness (QED) is 0.0374. The highest BCUT2D eigenvalue weighted by molar-refractivity contribution is 7.90. The van der Waals surface area contributed by atoms with Crippen LogP contribution in [0.5, 0.6) is 0 Å². The van der Waals surface area contributed by atoms with Gasteiger partial charge in [-0.25, -0.2) is 18.0 Å². The molecule has 101 heavy (non-hydrogen) atoms. The lowest BCUT2D eigenvalue weighted by Crippen LogP contribution is -2.63. The summed E-state index contributed by atoms with van der Waals surface area (Å²) in [4.78, 5) is 192. The topological polar surface area (TPSA) is 355 Å². The highest BCUT2D eigenvalue weighted by Gasteiger charge is 2.47. The minimum absolute atomic E-state index is 0.0545. The molecular weight excluding hydrogens is 1330 g/mol. The fourth-order valence-electron chi connectivity index (χ4n) is 11.7. The summed E-state index contributed by atoms with van der Waals surface area (Å²) in [5.41, 5.74) is -0.970. The van der Waals surface area contributed by atoms with Gasteiger partial charge in [-0.1, -0.05) is 102 Å². The monoisotopic (exact) mass is 1450 g/mol. The number of carbonyl (C=O) groups excluding carboxylic acids is 13. The Hall–Kier alpha value is -7.40. The van der Waals surface area contributed by atoms with Crippen molar-refractivity contribution >= 4 is 86.9 Å². The van der Waals surface area contributed by atoms with Crippen molar-refractivity contribution in [3.63, 3.8) is 0 Å². The Labute approximate surface area is 602 Å². The van der Waals surface area contributed by atoms with Gasteiger partial charge in [0, 0.05) is 69.4 Å². The summed E-state index contributed by atoms with van der Waals surface area (Å²) < 4.78 is 41.7. The fourth-order valence-corrected chi connectivity index (χ4v) is 12.8. The van der Waals surface area contributed by atoms with Gasteiger partial charge < -0.3 is 64.9 Å². The lowest BCUT2D eigenvalue weighted by atomic mass is 9.91. The molecule has 11 amide bonds. The molecule has 0 aliphatic heterocycles. The first kappa shape index (κ1) is 93.6. The summed E-state index contributed by atoms with van der Waals surface area (Å²) in [5.74, 6) is -12.4. The number of rotatable bonds is 40. The van der Waals surface area contributed by atoms with Gasteiger partial charge in [0.25, 0.3) is 0 Å². The van der Waals surface area contributed by atoms with Gasteiger partial charge in [0.15, 0.2) is 0 Å². The fraction of sp³-hybridized carbons (Fsp3) is 0.789. The zero-order valence-electron chi connectivity index (χ0n) is 66.1. The van der Waals surface area contributed by atoms with Crippen LogP contribution >= 0.6 is 0 Å². The molecule has 0 saturated carbocycles. The zero-order chi connectivity index (χ0) is 79.0. The molecule has 580 valence electrons.